The Morgan fingerprint density at radius 3 is 2.38 bits per heavy atom. The van der Waals surface area contributed by atoms with E-state index in [9.17, 15) is 4.79 Å². The van der Waals surface area contributed by atoms with Gasteiger partial charge in [0.25, 0.3) is 5.91 Å². The van der Waals surface area contributed by atoms with Crippen molar-refractivity contribution in [1.82, 2.24) is 19.9 Å². The highest BCUT2D eigenvalue weighted by Gasteiger charge is 2.27. The number of anilines is 1. The molecular weight excluding hydrogens is 330 g/mol. The Balaban J connectivity index is 1.48. The van der Waals surface area contributed by atoms with Gasteiger partial charge in [-0.25, -0.2) is 15.0 Å². The molecule has 0 saturated carbocycles. The van der Waals surface area contributed by atoms with E-state index in [0.717, 1.165) is 11.1 Å². The van der Waals surface area contributed by atoms with E-state index in [1.807, 2.05) is 31.2 Å². The zero-order chi connectivity index (χ0) is 17.9. The number of carbonyl (C=O) groups excluding carboxylic acids is 1. The molecule has 0 aliphatic carbocycles. The topological polar surface area (TPSA) is 75.4 Å². The van der Waals surface area contributed by atoms with Crippen LogP contribution in [0.3, 0.4) is 0 Å². The number of oxazole rings is 1. The molecule has 1 aliphatic rings. The quantitative estimate of drug-likeness (QED) is 0.723. The van der Waals surface area contributed by atoms with E-state index >= 15 is 0 Å². The van der Waals surface area contributed by atoms with Crippen molar-refractivity contribution in [2.24, 2.45) is 0 Å². The first-order chi connectivity index (χ1) is 12.7. The Bertz CT molecular complexity index is 884. The fourth-order valence-corrected chi connectivity index (χ4v) is 3.02. The Hall–Kier alpha value is -3.22. The van der Waals surface area contributed by atoms with Crippen molar-refractivity contribution in [2.75, 3.05) is 31.1 Å². The van der Waals surface area contributed by atoms with E-state index in [2.05, 4.69) is 19.9 Å². The van der Waals surface area contributed by atoms with Crippen LogP contribution in [-0.4, -0.2) is 51.9 Å². The number of aryl methyl sites for hydroxylation is 1. The lowest BCUT2D eigenvalue weighted by Gasteiger charge is -2.34. The van der Waals surface area contributed by atoms with Gasteiger partial charge in [-0.15, -0.1) is 0 Å². The van der Waals surface area contributed by atoms with Gasteiger partial charge in [-0.1, -0.05) is 29.8 Å². The maximum absolute atomic E-state index is 12.9. The van der Waals surface area contributed by atoms with Crippen LogP contribution in [0.5, 0.6) is 0 Å². The third-order valence-corrected chi connectivity index (χ3v) is 4.49. The average molecular weight is 349 g/mol. The monoisotopic (exact) mass is 349 g/mol. The van der Waals surface area contributed by atoms with Crippen molar-refractivity contribution in [3.05, 3.63) is 60.4 Å². The van der Waals surface area contributed by atoms with Gasteiger partial charge in [-0.3, -0.25) is 4.79 Å². The molecule has 0 spiro atoms. The molecule has 4 rings (SSSR count). The van der Waals surface area contributed by atoms with Crippen LogP contribution in [-0.2, 0) is 0 Å². The number of hydrogen-bond acceptors (Lipinski definition) is 6. The van der Waals surface area contributed by atoms with Crippen molar-refractivity contribution < 1.29 is 9.21 Å². The van der Waals surface area contributed by atoms with Crippen LogP contribution in [0, 0.1) is 6.92 Å². The number of benzene rings is 1. The largest absolute Gasteiger partial charge is 0.443 e. The fraction of sp³-hybridized carbons (Fsp3) is 0.263. The van der Waals surface area contributed by atoms with Gasteiger partial charge in [0.15, 0.2) is 17.8 Å². The standard InChI is InChI=1S/C19H19N5O2/c1-14-3-5-15(6-4-14)17-16(22-13-26-17)18(25)23-9-11-24(12-10-23)19-20-7-2-8-21-19/h2-8,13H,9-12H2,1H3. The lowest BCUT2D eigenvalue weighted by atomic mass is 10.1. The molecule has 2 aromatic heterocycles. The normalized spacial score (nSPS) is 14.5. The number of amides is 1. The molecule has 1 aromatic carbocycles. The molecule has 26 heavy (non-hydrogen) atoms. The summed E-state index contributed by atoms with van der Waals surface area (Å²) < 4.78 is 5.50. The Morgan fingerprint density at radius 2 is 1.69 bits per heavy atom. The molecule has 132 valence electrons. The molecule has 1 saturated heterocycles. The Labute approximate surface area is 151 Å². The third-order valence-electron chi connectivity index (χ3n) is 4.49. The van der Waals surface area contributed by atoms with Gasteiger partial charge in [0.05, 0.1) is 0 Å². The second-order valence-electron chi connectivity index (χ2n) is 6.22. The Kier molecular flexibility index (Phi) is 4.35. The minimum absolute atomic E-state index is 0.108. The number of nitrogens with zero attached hydrogens (tertiary/aromatic N) is 5. The molecule has 0 radical (unpaired) electrons. The van der Waals surface area contributed by atoms with E-state index in [-0.39, 0.29) is 5.91 Å². The maximum atomic E-state index is 12.9. The first-order valence-electron chi connectivity index (χ1n) is 8.54. The van der Waals surface area contributed by atoms with Crippen LogP contribution in [0.4, 0.5) is 5.95 Å². The number of rotatable bonds is 3. The molecule has 3 heterocycles. The second-order valence-corrected chi connectivity index (χ2v) is 6.22. The summed E-state index contributed by atoms with van der Waals surface area (Å²) in [6.07, 6.45) is 4.78. The first kappa shape index (κ1) is 16.3. The van der Waals surface area contributed by atoms with Crippen molar-refractivity contribution in [3.63, 3.8) is 0 Å². The van der Waals surface area contributed by atoms with Crippen molar-refractivity contribution in [1.29, 1.82) is 0 Å². The summed E-state index contributed by atoms with van der Waals surface area (Å²) in [6, 6.07) is 9.66. The van der Waals surface area contributed by atoms with Crippen molar-refractivity contribution >= 4 is 11.9 Å². The fourth-order valence-electron chi connectivity index (χ4n) is 3.02. The zero-order valence-corrected chi connectivity index (χ0v) is 14.5. The van der Waals surface area contributed by atoms with Gasteiger partial charge in [-0.2, -0.15) is 0 Å². The summed E-state index contributed by atoms with van der Waals surface area (Å²) in [5.74, 6) is 1.10. The minimum Gasteiger partial charge on any atom is -0.443 e. The van der Waals surface area contributed by atoms with Crippen LogP contribution >= 0.6 is 0 Å². The molecule has 0 unspecified atom stereocenters. The van der Waals surface area contributed by atoms with E-state index in [4.69, 9.17) is 4.42 Å². The molecule has 1 amide bonds. The summed E-state index contributed by atoms with van der Waals surface area (Å²) >= 11 is 0. The van der Waals surface area contributed by atoms with Crippen molar-refractivity contribution in [2.45, 2.75) is 6.92 Å². The lowest BCUT2D eigenvalue weighted by Crippen LogP contribution is -2.49. The molecule has 0 atom stereocenters. The third kappa shape index (κ3) is 3.15. The molecule has 0 N–H and O–H groups in total. The van der Waals surface area contributed by atoms with Crippen LogP contribution in [0.2, 0.25) is 0 Å². The first-order valence-corrected chi connectivity index (χ1v) is 8.54. The van der Waals surface area contributed by atoms with Crippen LogP contribution < -0.4 is 4.90 Å². The Morgan fingerprint density at radius 1 is 1.00 bits per heavy atom. The number of hydrogen-bond donors (Lipinski definition) is 0. The highest BCUT2D eigenvalue weighted by molar-refractivity contribution is 5.97. The van der Waals surface area contributed by atoms with Gasteiger partial charge < -0.3 is 14.2 Å². The SMILES string of the molecule is Cc1ccc(-c2ocnc2C(=O)N2CCN(c3ncccn3)CC2)cc1. The van der Waals surface area contributed by atoms with Gasteiger partial charge in [0.2, 0.25) is 5.95 Å². The maximum Gasteiger partial charge on any atom is 0.276 e. The smallest absolute Gasteiger partial charge is 0.276 e. The second kappa shape index (κ2) is 6.95. The zero-order valence-electron chi connectivity index (χ0n) is 14.5. The van der Waals surface area contributed by atoms with Gasteiger partial charge in [-0.05, 0) is 13.0 Å². The summed E-state index contributed by atoms with van der Waals surface area (Å²) in [5, 5.41) is 0. The minimum atomic E-state index is -0.108. The van der Waals surface area contributed by atoms with Gasteiger partial charge in [0.1, 0.15) is 0 Å². The van der Waals surface area contributed by atoms with Gasteiger partial charge in [0, 0.05) is 44.1 Å². The summed E-state index contributed by atoms with van der Waals surface area (Å²) in [6.45, 7) is 4.58. The van der Waals surface area contributed by atoms with Crippen LogP contribution in [0.15, 0.2) is 53.5 Å². The predicted molar refractivity (Wildman–Crippen MR) is 96.8 cm³/mol. The highest BCUT2D eigenvalue weighted by atomic mass is 16.3. The lowest BCUT2D eigenvalue weighted by molar-refractivity contribution is 0.0741. The van der Waals surface area contributed by atoms with Crippen LogP contribution in [0.1, 0.15) is 16.1 Å². The van der Waals surface area contributed by atoms with E-state index < -0.39 is 0 Å². The van der Waals surface area contributed by atoms with Gasteiger partial charge >= 0.3 is 0 Å². The molecule has 0 bridgehead atoms. The van der Waals surface area contributed by atoms with Crippen molar-refractivity contribution in [3.8, 4) is 11.3 Å². The van der Waals surface area contributed by atoms with E-state index in [1.165, 1.54) is 6.39 Å². The molecule has 3 aromatic rings. The van der Waals surface area contributed by atoms with Crippen LogP contribution in [0.25, 0.3) is 11.3 Å². The summed E-state index contributed by atoms with van der Waals surface area (Å²) in [5.41, 5.74) is 2.37. The molecule has 7 nitrogen and oxygen atoms in total. The summed E-state index contributed by atoms with van der Waals surface area (Å²) in [4.78, 5) is 29.5. The molecule has 1 fully saturated rings. The molecule has 7 heteroatoms. The predicted octanol–water partition coefficient (Wildman–Crippen LogP) is 2.40. The van der Waals surface area contributed by atoms with E-state index in [0.29, 0.717) is 43.6 Å². The number of carbonyl (C=O) groups is 1. The number of aromatic nitrogens is 3. The molecular formula is C19H19N5O2. The number of piperazine rings is 1. The summed E-state index contributed by atoms with van der Waals surface area (Å²) in [7, 11) is 0. The van der Waals surface area contributed by atoms with E-state index in [1.54, 1.807) is 23.4 Å². The molecule has 1 aliphatic heterocycles. The highest BCUT2D eigenvalue weighted by Crippen LogP contribution is 2.25. The average Bonchev–Trinajstić information content (AvgIpc) is 3.19.